The SMILES string of the molecule is CSCCCNS(=O)(=O)c1c(CNC2CC2)n[nH]c1C. The number of sulfonamides is 1. The largest absolute Gasteiger partial charge is 0.308 e. The zero-order valence-corrected chi connectivity index (χ0v) is 13.5. The van der Waals surface area contributed by atoms with Gasteiger partial charge in [-0.3, -0.25) is 5.10 Å². The van der Waals surface area contributed by atoms with Crippen LogP contribution in [0.5, 0.6) is 0 Å². The molecule has 2 rings (SSSR count). The summed E-state index contributed by atoms with van der Waals surface area (Å²) >= 11 is 1.71. The van der Waals surface area contributed by atoms with Crippen LogP contribution in [0.1, 0.15) is 30.7 Å². The number of aromatic amines is 1. The Morgan fingerprint density at radius 3 is 2.85 bits per heavy atom. The normalized spacial score (nSPS) is 15.7. The summed E-state index contributed by atoms with van der Waals surface area (Å²) in [5, 5.41) is 10.2. The molecule has 0 bridgehead atoms. The standard InChI is InChI=1S/C12H22N4O2S2/c1-9-12(20(17,18)14-6-3-7-19-2)11(16-15-9)8-13-10-4-5-10/h10,13-14H,3-8H2,1-2H3,(H,15,16). The minimum atomic E-state index is -3.48. The topological polar surface area (TPSA) is 86.9 Å². The van der Waals surface area contributed by atoms with Crippen molar-refractivity contribution in [1.29, 1.82) is 0 Å². The van der Waals surface area contributed by atoms with E-state index in [1.54, 1.807) is 18.7 Å². The van der Waals surface area contributed by atoms with Gasteiger partial charge in [-0.25, -0.2) is 13.1 Å². The van der Waals surface area contributed by atoms with Crippen LogP contribution in [0.15, 0.2) is 4.90 Å². The molecule has 0 radical (unpaired) electrons. The summed E-state index contributed by atoms with van der Waals surface area (Å²) in [6, 6.07) is 0.525. The van der Waals surface area contributed by atoms with E-state index < -0.39 is 10.0 Å². The van der Waals surface area contributed by atoms with Gasteiger partial charge in [0.15, 0.2) is 0 Å². The van der Waals surface area contributed by atoms with Crippen LogP contribution in [0, 0.1) is 6.92 Å². The predicted octanol–water partition coefficient (Wildman–Crippen LogP) is 1.00. The molecule has 6 nitrogen and oxygen atoms in total. The van der Waals surface area contributed by atoms with Gasteiger partial charge >= 0.3 is 0 Å². The molecule has 1 aliphatic rings. The highest BCUT2D eigenvalue weighted by molar-refractivity contribution is 7.98. The van der Waals surface area contributed by atoms with Gasteiger partial charge in [0.2, 0.25) is 10.0 Å². The molecule has 1 aromatic rings. The van der Waals surface area contributed by atoms with Crippen LogP contribution in [0.4, 0.5) is 0 Å². The molecule has 0 atom stereocenters. The van der Waals surface area contributed by atoms with Gasteiger partial charge in [0.1, 0.15) is 4.90 Å². The van der Waals surface area contributed by atoms with Crippen LogP contribution in [0.25, 0.3) is 0 Å². The molecule has 1 fully saturated rings. The fourth-order valence-corrected chi connectivity index (χ4v) is 3.84. The van der Waals surface area contributed by atoms with E-state index in [-0.39, 0.29) is 0 Å². The van der Waals surface area contributed by atoms with E-state index in [4.69, 9.17) is 0 Å². The summed E-state index contributed by atoms with van der Waals surface area (Å²) in [5.41, 5.74) is 1.17. The first kappa shape index (κ1) is 15.8. The fraction of sp³-hybridized carbons (Fsp3) is 0.750. The minimum absolute atomic E-state index is 0.301. The van der Waals surface area contributed by atoms with Crippen LogP contribution >= 0.6 is 11.8 Å². The van der Waals surface area contributed by atoms with Crippen molar-refractivity contribution >= 4 is 21.8 Å². The average Bonchev–Trinajstić information content (AvgIpc) is 3.15. The van der Waals surface area contributed by atoms with Crippen LogP contribution in [0.2, 0.25) is 0 Å². The van der Waals surface area contributed by atoms with Gasteiger partial charge in [-0.15, -0.1) is 0 Å². The molecule has 0 unspecified atom stereocenters. The maximum atomic E-state index is 12.4. The van der Waals surface area contributed by atoms with Crippen molar-refractivity contribution in [2.24, 2.45) is 0 Å². The van der Waals surface area contributed by atoms with E-state index in [2.05, 4.69) is 20.2 Å². The molecule has 0 saturated heterocycles. The molecule has 3 N–H and O–H groups in total. The molecule has 114 valence electrons. The monoisotopic (exact) mass is 318 g/mol. The Kier molecular flexibility index (Phi) is 5.48. The number of rotatable bonds is 9. The van der Waals surface area contributed by atoms with Gasteiger partial charge in [-0.05, 0) is 38.2 Å². The van der Waals surface area contributed by atoms with Crippen molar-refractivity contribution < 1.29 is 8.42 Å². The number of nitrogens with zero attached hydrogens (tertiary/aromatic N) is 1. The van der Waals surface area contributed by atoms with Crippen LogP contribution in [0.3, 0.4) is 0 Å². The fourth-order valence-electron chi connectivity index (χ4n) is 1.97. The summed E-state index contributed by atoms with van der Waals surface area (Å²) in [6.45, 7) is 2.70. The Bertz CT molecular complexity index is 538. The Balaban J connectivity index is 2.02. The van der Waals surface area contributed by atoms with Crippen LogP contribution in [-0.2, 0) is 16.6 Å². The number of hydrogen-bond donors (Lipinski definition) is 3. The van der Waals surface area contributed by atoms with Crippen molar-refractivity contribution in [1.82, 2.24) is 20.2 Å². The maximum absolute atomic E-state index is 12.4. The van der Waals surface area contributed by atoms with Crippen LogP contribution in [-0.4, -0.2) is 43.2 Å². The van der Waals surface area contributed by atoms with E-state index in [0.29, 0.717) is 35.4 Å². The Hall–Kier alpha value is -0.570. The number of nitrogens with one attached hydrogen (secondary N) is 3. The molecule has 1 heterocycles. The highest BCUT2D eigenvalue weighted by Crippen LogP contribution is 2.22. The van der Waals surface area contributed by atoms with Gasteiger partial charge in [-0.1, -0.05) is 0 Å². The highest BCUT2D eigenvalue weighted by Gasteiger charge is 2.26. The molecule has 8 heteroatoms. The maximum Gasteiger partial charge on any atom is 0.244 e. The summed E-state index contributed by atoms with van der Waals surface area (Å²) < 4.78 is 27.4. The summed E-state index contributed by atoms with van der Waals surface area (Å²) in [5.74, 6) is 0.947. The van der Waals surface area contributed by atoms with Crippen molar-refractivity contribution in [2.45, 2.75) is 43.7 Å². The lowest BCUT2D eigenvalue weighted by Crippen LogP contribution is -2.27. The molecule has 0 spiro atoms. The van der Waals surface area contributed by atoms with Gasteiger partial charge in [0.05, 0.1) is 11.4 Å². The van der Waals surface area contributed by atoms with Crippen molar-refractivity contribution in [2.75, 3.05) is 18.6 Å². The number of hydrogen-bond acceptors (Lipinski definition) is 5. The second-order valence-corrected chi connectivity index (χ2v) is 7.71. The quantitative estimate of drug-likeness (QED) is 0.591. The molecule has 0 aromatic carbocycles. The first-order chi connectivity index (χ1) is 9.54. The van der Waals surface area contributed by atoms with Crippen LogP contribution < -0.4 is 10.0 Å². The number of H-pyrrole nitrogens is 1. The molecule has 20 heavy (non-hydrogen) atoms. The van der Waals surface area contributed by atoms with Gasteiger partial charge in [0, 0.05) is 19.1 Å². The molecule has 0 amide bonds. The highest BCUT2D eigenvalue weighted by atomic mass is 32.2. The predicted molar refractivity (Wildman–Crippen MR) is 81.4 cm³/mol. The zero-order chi connectivity index (χ0) is 14.6. The third-order valence-electron chi connectivity index (χ3n) is 3.18. The van der Waals surface area contributed by atoms with E-state index in [1.165, 1.54) is 12.8 Å². The molecule has 1 aromatic heterocycles. The summed E-state index contributed by atoms with van der Waals surface area (Å²) in [7, 11) is -3.48. The Labute approximate surface area is 124 Å². The van der Waals surface area contributed by atoms with Crippen molar-refractivity contribution in [3.8, 4) is 0 Å². The van der Waals surface area contributed by atoms with Gasteiger partial charge in [0.25, 0.3) is 0 Å². The zero-order valence-electron chi connectivity index (χ0n) is 11.9. The summed E-state index contributed by atoms with van der Waals surface area (Å²) in [4.78, 5) is 0.301. The summed E-state index contributed by atoms with van der Waals surface area (Å²) in [6.07, 6.45) is 5.17. The third kappa shape index (κ3) is 4.21. The second kappa shape index (κ2) is 6.93. The molecule has 1 aliphatic carbocycles. The number of aromatic nitrogens is 2. The van der Waals surface area contributed by atoms with Crippen molar-refractivity contribution in [3.63, 3.8) is 0 Å². The number of thioether (sulfide) groups is 1. The minimum Gasteiger partial charge on any atom is -0.308 e. The third-order valence-corrected chi connectivity index (χ3v) is 5.54. The molecule has 1 saturated carbocycles. The smallest absolute Gasteiger partial charge is 0.244 e. The Morgan fingerprint density at radius 2 is 2.20 bits per heavy atom. The average molecular weight is 318 g/mol. The van der Waals surface area contributed by atoms with Crippen molar-refractivity contribution in [3.05, 3.63) is 11.4 Å². The van der Waals surface area contributed by atoms with E-state index in [9.17, 15) is 8.42 Å². The second-order valence-electron chi connectivity index (χ2n) is 5.02. The van der Waals surface area contributed by atoms with Gasteiger partial charge < -0.3 is 5.32 Å². The molecular formula is C12H22N4O2S2. The molecule has 0 aliphatic heterocycles. The lowest BCUT2D eigenvalue weighted by Gasteiger charge is -2.08. The lowest BCUT2D eigenvalue weighted by molar-refractivity contribution is 0.577. The first-order valence-corrected chi connectivity index (χ1v) is 9.68. The lowest BCUT2D eigenvalue weighted by atomic mass is 10.3. The first-order valence-electron chi connectivity index (χ1n) is 6.80. The van der Waals surface area contributed by atoms with E-state index in [0.717, 1.165) is 12.2 Å². The van der Waals surface area contributed by atoms with E-state index >= 15 is 0 Å². The van der Waals surface area contributed by atoms with Gasteiger partial charge in [-0.2, -0.15) is 16.9 Å². The Morgan fingerprint density at radius 1 is 1.45 bits per heavy atom. The van der Waals surface area contributed by atoms with E-state index in [1.807, 2.05) is 6.26 Å². The number of aryl methyl sites for hydroxylation is 1. The molecular weight excluding hydrogens is 296 g/mol.